The lowest BCUT2D eigenvalue weighted by atomic mass is 10.1. The molecule has 0 bridgehead atoms. The molecule has 1 amide bonds. The molecule has 0 spiro atoms. The average molecular weight is 304 g/mol. The molecule has 1 atom stereocenters. The summed E-state index contributed by atoms with van der Waals surface area (Å²) in [5, 5.41) is 2.94. The highest BCUT2D eigenvalue weighted by atomic mass is 35.5. The van der Waals surface area contributed by atoms with Crippen molar-refractivity contribution in [1.82, 2.24) is 5.32 Å². The van der Waals surface area contributed by atoms with Gasteiger partial charge in [0.15, 0.2) is 0 Å². The number of halogens is 1. The Morgan fingerprint density at radius 1 is 1.14 bits per heavy atom. The Labute approximate surface area is 129 Å². The highest BCUT2D eigenvalue weighted by molar-refractivity contribution is 6.18. The maximum Gasteiger partial charge on any atom is 0.251 e. The number of hydrogen-bond acceptors (Lipinski definition) is 2. The van der Waals surface area contributed by atoms with Gasteiger partial charge in [0.1, 0.15) is 5.75 Å². The van der Waals surface area contributed by atoms with E-state index in [1.54, 1.807) is 24.3 Å². The van der Waals surface area contributed by atoms with Crippen molar-refractivity contribution in [3.8, 4) is 5.75 Å². The number of carbonyl (C=O) groups excluding carboxylic acids is 1. The number of hydrogen-bond donors (Lipinski definition) is 1. The second-order valence-electron chi connectivity index (χ2n) is 4.55. The van der Waals surface area contributed by atoms with E-state index in [-0.39, 0.29) is 11.9 Å². The third-order valence-corrected chi connectivity index (χ3v) is 3.40. The van der Waals surface area contributed by atoms with Crippen LogP contribution in [0.1, 0.15) is 28.9 Å². The van der Waals surface area contributed by atoms with Gasteiger partial charge in [-0.2, -0.15) is 0 Å². The minimum atomic E-state index is -0.202. The average Bonchev–Trinajstić information content (AvgIpc) is 2.54. The molecule has 0 saturated heterocycles. The molecule has 2 rings (SSSR count). The SMILES string of the molecule is CCOc1ccc(C(=O)NC(CCl)c2ccccc2)cc1. The fourth-order valence-corrected chi connectivity index (χ4v) is 2.26. The maximum absolute atomic E-state index is 12.2. The van der Waals surface area contributed by atoms with Crippen LogP contribution in [0.3, 0.4) is 0 Å². The summed E-state index contributed by atoms with van der Waals surface area (Å²) in [6.07, 6.45) is 0. The molecule has 1 unspecified atom stereocenters. The van der Waals surface area contributed by atoms with Crippen molar-refractivity contribution >= 4 is 17.5 Å². The monoisotopic (exact) mass is 303 g/mol. The lowest BCUT2D eigenvalue weighted by molar-refractivity contribution is 0.0940. The molecule has 0 saturated carbocycles. The number of rotatable bonds is 6. The van der Waals surface area contributed by atoms with E-state index in [1.165, 1.54) is 0 Å². The Bertz CT molecular complexity index is 569. The number of carbonyl (C=O) groups is 1. The van der Waals surface area contributed by atoms with E-state index >= 15 is 0 Å². The van der Waals surface area contributed by atoms with Crippen LogP contribution < -0.4 is 10.1 Å². The second-order valence-corrected chi connectivity index (χ2v) is 4.86. The number of nitrogens with one attached hydrogen (secondary N) is 1. The molecule has 0 heterocycles. The van der Waals surface area contributed by atoms with Crippen LogP contribution >= 0.6 is 11.6 Å². The molecule has 110 valence electrons. The van der Waals surface area contributed by atoms with Gasteiger partial charge in [-0.3, -0.25) is 4.79 Å². The minimum absolute atomic E-state index is 0.146. The van der Waals surface area contributed by atoms with Gasteiger partial charge in [0.05, 0.1) is 12.6 Å². The summed E-state index contributed by atoms with van der Waals surface area (Å²) in [6.45, 7) is 2.53. The molecule has 0 aromatic heterocycles. The molecule has 1 N–H and O–H groups in total. The quantitative estimate of drug-likeness (QED) is 0.824. The molecule has 0 fully saturated rings. The minimum Gasteiger partial charge on any atom is -0.494 e. The van der Waals surface area contributed by atoms with Crippen LogP contribution in [-0.4, -0.2) is 18.4 Å². The molecule has 4 heteroatoms. The summed E-state index contributed by atoms with van der Waals surface area (Å²) in [5.74, 6) is 0.936. The molecular weight excluding hydrogens is 286 g/mol. The van der Waals surface area contributed by atoms with E-state index < -0.39 is 0 Å². The van der Waals surface area contributed by atoms with E-state index in [1.807, 2.05) is 37.3 Å². The van der Waals surface area contributed by atoms with Crippen LogP contribution in [0.15, 0.2) is 54.6 Å². The predicted molar refractivity (Wildman–Crippen MR) is 85.0 cm³/mol. The van der Waals surface area contributed by atoms with Gasteiger partial charge in [-0.15, -0.1) is 11.6 Å². The van der Waals surface area contributed by atoms with E-state index in [4.69, 9.17) is 16.3 Å². The van der Waals surface area contributed by atoms with E-state index in [0.717, 1.165) is 11.3 Å². The molecule has 3 nitrogen and oxygen atoms in total. The summed E-state index contributed by atoms with van der Waals surface area (Å²) in [4.78, 5) is 12.2. The third kappa shape index (κ3) is 4.23. The molecular formula is C17H18ClNO2. The molecule has 0 radical (unpaired) electrons. The summed E-state index contributed by atoms with van der Waals surface area (Å²) < 4.78 is 5.36. The Balaban J connectivity index is 2.05. The zero-order valence-electron chi connectivity index (χ0n) is 11.9. The first-order valence-corrected chi connectivity index (χ1v) is 7.42. The number of benzene rings is 2. The normalized spacial score (nSPS) is 11.7. The van der Waals surface area contributed by atoms with Crippen molar-refractivity contribution in [3.05, 3.63) is 65.7 Å². The molecule has 21 heavy (non-hydrogen) atoms. The van der Waals surface area contributed by atoms with Gasteiger partial charge < -0.3 is 10.1 Å². The van der Waals surface area contributed by atoms with Crippen LogP contribution in [0.4, 0.5) is 0 Å². The maximum atomic E-state index is 12.2. The fourth-order valence-electron chi connectivity index (χ4n) is 2.01. The summed E-state index contributed by atoms with van der Waals surface area (Å²) in [5.41, 5.74) is 1.58. The number of ether oxygens (including phenoxy) is 1. The van der Waals surface area contributed by atoms with Gasteiger partial charge in [-0.25, -0.2) is 0 Å². The van der Waals surface area contributed by atoms with Gasteiger partial charge in [0, 0.05) is 11.4 Å². The Morgan fingerprint density at radius 3 is 2.38 bits per heavy atom. The predicted octanol–water partition coefficient (Wildman–Crippen LogP) is 3.80. The summed E-state index contributed by atoms with van der Waals surface area (Å²) in [6, 6.07) is 16.6. The van der Waals surface area contributed by atoms with Crippen molar-refractivity contribution < 1.29 is 9.53 Å². The molecule has 2 aromatic rings. The highest BCUT2D eigenvalue weighted by Gasteiger charge is 2.14. The smallest absolute Gasteiger partial charge is 0.251 e. The zero-order valence-corrected chi connectivity index (χ0v) is 12.6. The van der Waals surface area contributed by atoms with Crippen LogP contribution in [0.25, 0.3) is 0 Å². The topological polar surface area (TPSA) is 38.3 Å². The number of alkyl halides is 1. The molecule has 0 aliphatic heterocycles. The lowest BCUT2D eigenvalue weighted by Crippen LogP contribution is -2.29. The van der Waals surface area contributed by atoms with E-state index in [9.17, 15) is 4.79 Å². The van der Waals surface area contributed by atoms with Crippen LogP contribution in [-0.2, 0) is 0 Å². The van der Waals surface area contributed by atoms with Crippen molar-refractivity contribution in [2.24, 2.45) is 0 Å². The van der Waals surface area contributed by atoms with Crippen molar-refractivity contribution in [2.45, 2.75) is 13.0 Å². The van der Waals surface area contributed by atoms with Gasteiger partial charge in [0.2, 0.25) is 0 Å². The molecule has 0 aliphatic rings. The highest BCUT2D eigenvalue weighted by Crippen LogP contribution is 2.16. The fraction of sp³-hybridized carbons (Fsp3) is 0.235. The van der Waals surface area contributed by atoms with Crippen LogP contribution in [0.5, 0.6) is 5.75 Å². The summed E-state index contributed by atoms with van der Waals surface area (Å²) in [7, 11) is 0. The standard InChI is InChI=1S/C17H18ClNO2/c1-2-21-15-10-8-14(9-11-15)17(20)19-16(12-18)13-6-4-3-5-7-13/h3-11,16H,2,12H2,1H3,(H,19,20). The van der Waals surface area contributed by atoms with Crippen molar-refractivity contribution in [3.63, 3.8) is 0 Å². The first-order valence-electron chi connectivity index (χ1n) is 6.89. The zero-order chi connectivity index (χ0) is 15.1. The van der Waals surface area contributed by atoms with E-state index in [2.05, 4.69) is 5.32 Å². The van der Waals surface area contributed by atoms with Crippen molar-refractivity contribution in [1.29, 1.82) is 0 Å². The van der Waals surface area contributed by atoms with E-state index in [0.29, 0.717) is 18.1 Å². The van der Waals surface area contributed by atoms with Crippen LogP contribution in [0, 0.1) is 0 Å². The number of amides is 1. The second kappa shape index (κ2) is 7.70. The van der Waals surface area contributed by atoms with Gasteiger partial charge >= 0.3 is 0 Å². The summed E-state index contributed by atoms with van der Waals surface area (Å²) >= 11 is 5.97. The third-order valence-electron chi connectivity index (χ3n) is 3.09. The Hall–Kier alpha value is -2.00. The van der Waals surface area contributed by atoms with Crippen molar-refractivity contribution in [2.75, 3.05) is 12.5 Å². The Morgan fingerprint density at radius 2 is 1.81 bits per heavy atom. The van der Waals surface area contributed by atoms with Gasteiger partial charge in [-0.05, 0) is 36.8 Å². The molecule has 2 aromatic carbocycles. The molecule has 0 aliphatic carbocycles. The first-order chi connectivity index (χ1) is 10.2. The Kier molecular flexibility index (Phi) is 5.64. The first kappa shape index (κ1) is 15.4. The largest absolute Gasteiger partial charge is 0.494 e. The van der Waals surface area contributed by atoms with Crippen LogP contribution in [0.2, 0.25) is 0 Å². The lowest BCUT2D eigenvalue weighted by Gasteiger charge is -2.16. The van der Waals surface area contributed by atoms with Gasteiger partial charge in [0.25, 0.3) is 5.91 Å². The van der Waals surface area contributed by atoms with Gasteiger partial charge in [-0.1, -0.05) is 30.3 Å².